The fourth-order valence-electron chi connectivity index (χ4n) is 0.799. The highest BCUT2D eigenvalue weighted by Crippen LogP contribution is 2.14. The molecule has 0 aliphatic carbocycles. The Balaban J connectivity index is 3.46. The Morgan fingerprint density at radius 3 is 2.43 bits per heavy atom. The van der Waals surface area contributed by atoms with Crippen molar-refractivity contribution in [3.8, 4) is 0 Å². The summed E-state index contributed by atoms with van der Waals surface area (Å²) >= 11 is 0. The molecule has 0 saturated carbocycles. The molecule has 0 atom stereocenters. The fourth-order valence-corrected chi connectivity index (χ4v) is 0.799. The zero-order valence-corrected chi connectivity index (χ0v) is 7.99. The molecule has 0 radical (unpaired) electrons. The Labute approximate surface area is 80.7 Å². The predicted octanol–water partition coefficient (Wildman–Crippen LogP) is 2.49. The molecular formula is C9H13F3O2. The number of ketones is 1. The Bertz CT molecular complexity index is 209. The molecule has 0 amide bonds. The zero-order valence-electron chi connectivity index (χ0n) is 7.99. The number of ether oxygens (including phenoxy) is 1. The zero-order chi connectivity index (χ0) is 11.2. The van der Waals surface area contributed by atoms with Gasteiger partial charge in [0, 0.05) is 12.8 Å². The number of rotatable bonds is 6. The fraction of sp³-hybridized carbons (Fsp3) is 0.667. The van der Waals surface area contributed by atoms with Crippen molar-refractivity contribution in [3.05, 3.63) is 12.2 Å². The van der Waals surface area contributed by atoms with Crippen LogP contribution in [-0.2, 0) is 9.53 Å². The average Bonchev–Trinajstić information content (AvgIpc) is 1.95. The lowest BCUT2D eigenvalue weighted by Crippen LogP contribution is -2.18. The van der Waals surface area contributed by atoms with Gasteiger partial charge in [-0.1, -0.05) is 12.2 Å². The van der Waals surface area contributed by atoms with E-state index in [0.29, 0.717) is 5.57 Å². The first kappa shape index (κ1) is 13.2. The molecule has 0 rings (SSSR count). The van der Waals surface area contributed by atoms with E-state index < -0.39 is 12.8 Å². The molecule has 2 nitrogen and oxygen atoms in total. The van der Waals surface area contributed by atoms with Crippen LogP contribution in [0.2, 0.25) is 0 Å². The number of halogens is 3. The second kappa shape index (κ2) is 5.80. The lowest BCUT2D eigenvalue weighted by Gasteiger charge is -2.06. The lowest BCUT2D eigenvalue weighted by atomic mass is 10.1. The van der Waals surface area contributed by atoms with Gasteiger partial charge in [-0.05, 0) is 6.92 Å². The summed E-state index contributed by atoms with van der Waals surface area (Å²) in [7, 11) is 0. The topological polar surface area (TPSA) is 26.3 Å². The minimum atomic E-state index is -4.32. The summed E-state index contributed by atoms with van der Waals surface area (Å²) < 4.78 is 39.0. The van der Waals surface area contributed by atoms with Crippen molar-refractivity contribution in [1.29, 1.82) is 0 Å². The van der Waals surface area contributed by atoms with E-state index in [4.69, 9.17) is 0 Å². The Hall–Kier alpha value is -0.840. The van der Waals surface area contributed by atoms with Crippen LogP contribution in [0.25, 0.3) is 0 Å². The van der Waals surface area contributed by atoms with Crippen molar-refractivity contribution in [3.63, 3.8) is 0 Å². The highest BCUT2D eigenvalue weighted by atomic mass is 19.4. The standard InChI is InChI=1S/C9H13F3O2/c1-7(2)5-8(13)3-4-14-6-9(10,11)12/h1,3-6H2,2H3. The molecular weight excluding hydrogens is 197 g/mol. The summed E-state index contributed by atoms with van der Waals surface area (Å²) in [6.07, 6.45) is -4.12. The maximum Gasteiger partial charge on any atom is 0.411 e. The summed E-state index contributed by atoms with van der Waals surface area (Å²) in [4.78, 5) is 11.0. The quantitative estimate of drug-likeness (QED) is 0.497. The number of carbonyl (C=O) groups excluding carboxylic acids is 1. The van der Waals surface area contributed by atoms with Crippen LogP contribution in [0.3, 0.4) is 0 Å². The molecule has 14 heavy (non-hydrogen) atoms. The number of allylic oxidation sites excluding steroid dienone is 1. The second-order valence-corrected chi connectivity index (χ2v) is 3.09. The van der Waals surface area contributed by atoms with Crippen molar-refractivity contribution >= 4 is 5.78 Å². The van der Waals surface area contributed by atoms with Crippen molar-refractivity contribution in [2.75, 3.05) is 13.2 Å². The van der Waals surface area contributed by atoms with Crippen LogP contribution in [0.15, 0.2) is 12.2 Å². The van der Waals surface area contributed by atoms with Gasteiger partial charge in [-0.3, -0.25) is 4.79 Å². The van der Waals surface area contributed by atoms with Crippen molar-refractivity contribution in [2.45, 2.75) is 25.9 Å². The van der Waals surface area contributed by atoms with Gasteiger partial charge in [-0.2, -0.15) is 13.2 Å². The lowest BCUT2D eigenvalue weighted by molar-refractivity contribution is -0.174. The van der Waals surface area contributed by atoms with E-state index in [2.05, 4.69) is 11.3 Å². The van der Waals surface area contributed by atoms with Crippen LogP contribution in [0.4, 0.5) is 13.2 Å². The molecule has 0 aromatic carbocycles. The molecule has 0 spiro atoms. The maximum atomic E-state index is 11.6. The van der Waals surface area contributed by atoms with Crippen LogP contribution < -0.4 is 0 Å². The maximum absolute atomic E-state index is 11.6. The van der Waals surface area contributed by atoms with Gasteiger partial charge in [-0.15, -0.1) is 0 Å². The van der Waals surface area contributed by atoms with Gasteiger partial charge in [0.1, 0.15) is 12.4 Å². The average molecular weight is 210 g/mol. The number of carbonyl (C=O) groups is 1. The monoisotopic (exact) mass is 210 g/mol. The number of hydrogen-bond acceptors (Lipinski definition) is 2. The largest absolute Gasteiger partial charge is 0.411 e. The van der Waals surface area contributed by atoms with Crippen LogP contribution in [0, 0.1) is 0 Å². The van der Waals surface area contributed by atoms with Gasteiger partial charge in [0.15, 0.2) is 0 Å². The molecule has 0 aromatic rings. The third kappa shape index (κ3) is 9.25. The van der Waals surface area contributed by atoms with Crippen LogP contribution >= 0.6 is 0 Å². The molecule has 0 bridgehead atoms. The molecule has 0 aliphatic heterocycles. The Kier molecular flexibility index (Phi) is 5.45. The Morgan fingerprint density at radius 2 is 2.00 bits per heavy atom. The molecule has 0 heterocycles. The highest BCUT2D eigenvalue weighted by molar-refractivity contribution is 5.80. The second-order valence-electron chi connectivity index (χ2n) is 3.09. The van der Waals surface area contributed by atoms with Crippen molar-refractivity contribution < 1.29 is 22.7 Å². The highest BCUT2D eigenvalue weighted by Gasteiger charge is 2.27. The minimum absolute atomic E-state index is 0.00292. The van der Waals surface area contributed by atoms with Crippen molar-refractivity contribution in [2.24, 2.45) is 0 Å². The minimum Gasteiger partial charge on any atom is -0.372 e. The third-order valence-corrected chi connectivity index (χ3v) is 1.29. The summed E-state index contributed by atoms with van der Waals surface area (Å²) in [5, 5.41) is 0. The summed E-state index contributed by atoms with van der Waals surface area (Å²) in [6, 6.07) is 0. The first-order chi connectivity index (χ1) is 6.31. The van der Waals surface area contributed by atoms with Gasteiger partial charge in [0.05, 0.1) is 6.61 Å². The smallest absolute Gasteiger partial charge is 0.372 e. The molecule has 0 N–H and O–H groups in total. The normalized spacial score (nSPS) is 11.4. The van der Waals surface area contributed by atoms with E-state index in [1.54, 1.807) is 6.92 Å². The molecule has 0 unspecified atom stereocenters. The summed E-state index contributed by atoms with van der Waals surface area (Å²) in [6.45, 7) is 3.72. The molecule has 0 aromatic heterocycles. The SMILES string of the molecule is C=C(C)CC(=O)CCOCC(F)(F)F. The first-order valence-electron chi connectivity index (χ1n) is 4.12. The van der Waals surface area contributed by atoms with Gasteiger partial charge in [0.25, 0.3) is 0 Å². The Morgan fingerprint density at radius 1 is 1.43 bits per heavy atom. The van der Waals surface area contributed by atoms with E-state index in [-0.39, 0.29) is 25.2 Å². The van der Waals surface area contributed by atoms with Gasteiger partial charge in [-0.25, -0.2) is 0 Å². The van der Waals surface area contributed by atoms with Crippen LogP contribution in [0.1, 0.15) is 19.8 Å². The van der Waals surface area contributed by atoms with Gasteiger partial charge >= 0.3 is 6.18 Å². The number of Topliss-reactive ketones (excluding diaryl/α,β-unsaturated/α-hetero) is 1. The number of alkyl halides is 3. The van der Waals surface area contributed by atoms with Crippen LogP contribution in [-0.4, -0.2) is 25.2 Å². The summed E-state index contributed by atoms with van der Waals surface area (Å²) in [5.41, 5.74) is 0.700. The molecule has 82 valence electrons. The van der Waals surface area contributed by atoms with E-state index in [0.717, 1.165) is 0 Å². The van der Waals surface area contributed by atoms with E-state index in [1.165, 1.54) is 0 Å². The predicted molar refractivity (Wildman–Crippen MR) is 45.9 cm³/mol. The molecule has 0 aliphatic rings. The molecule has 0 fully saturated rings. The van der Waals surface area contributed by atoms with E-state index >= 15 is 0 Å². The van der Waals surface area contributed by atoms with E-state index in [9.17, 15) is 18.0 Å². The summed E-state index contributed by atoms with van der Waals surface area (Å²) in [5.74, 6) is -0.153. The van der Waals surface area contributed by atoms with E-state index in [1.807, 2.05) is 0 Å². The van der Waals surface area contributed by atoms with Crippen LogP contribution in [0.5, 0.6) is 0 Å². The third-order valence-electron chi connectivity index (χ3n) is 1.29. The van der Waals surface area contributed by atoms with Gasteiger partial charge in [0.2, 0.25) is 0 Å². The molecule has 0 saturated heterocycles. The molecule has 5 heteroatoms. The van der Waals surface area contributed by atoms with Crippen molar-refractivity contribution in [1.82, 2.24) is 0 Å². The number of hydrogen-bond donors (Lipinski definition) is 0. The first-order valence-corrected chi connectivity index (χ1v) is 4.12. The van der Waals surface area contributed by atoms with Gasteiger partial charge < -0.3 is 4.74 Å².